The molecule has 1 aliphatic rings. The summed E-state index contributed by atoms with van der Waals surface area (Å²) in [7, 11) is 0. The molecule has 0 bridgehead atoms. The number of hydrogen-bond donors (Lipinski definition) is 1. The summed E-state index contributed by atoms with van der Waals surface area (Å²) in [6.07, 6.45) is 1.61. The molecule has 0 amide bonds. The number of ketones is 1. The van der Waals surface area contributed by atoms with Gasteiger partial charge in [-0.05, 0) is 12.8 Å². The van der Waals surface area contributed by atoms with Gasteiger partial charge in [0.25, 0.3) is 0 Å². The van der Waals surface area contributed by atoms with Gasteiger partial charge in [-0.25, -0.2) is 0 Å². The fourth-order valence-electron chi connectivity index (χ4n) is 0.999. The molecule has 3 nitrogen and oxygen atoms in total. The summed E-state index contributed by atoms with van der Waals surface area (Å²) in [5.41, 5.74) is -1.62. The minimum Gasteiger partial charge on any atom is -0.375 e. The highest BCUT2D eigenvalue weighted by atomic mass is 16.3. The molecule has 0 aromatic carbocycles. The topological polar surface area (TPSA) is 54.4 Å². The molecular weight excluding hydrogens is 120 g/mol. The van der Waals surface area contributed by atoms with E-state index in [9.17, 15) is 9.59 Å². The molecule has 1 atom stereocenters. The van der Waals surface area contributed by atoms with Crippen molar-refractivity contribution >= 4 is 12.1 Å². The second-order valence-corrected chi connectivity index (χ2v) is 2.32. The highest BCUT2D eigenvalue weighted by Gasteiger charge is 2.39. The molecule has 3 heteroatoms. The van der Waals surface area contributed by atoms with Gasteiger partial charge in [0.05, 0.1) is 0 Å². The van der Waals surface area contributed by atoms with E-state index < -0.39 is 5.60 Å². The van der Waals surface area contributed by atoms with Gasteiger partial charge in [-0.15, -0.1) is 0 Å². The normalized spacial score (nSPS) is 35.0. The van der Waals surface area contributed by atoms with Crippen LogP contribution >= 0.6 is 0 Å². The van der Waals surface area contributed by atoms with Gasteiger partial charge in [-0.2, -0.15) is 0 Å². The molecule has 9 heavy (non-hydrogen) atoms. The predicted molar refractivity (Wildman–Crippen MR) is 29.9 cm³/mol. The maximum Gasteiger partial charge on any atom is 0.177 e. The van der Waals surface area contributed by atoms with Gasteiger partial charge in [0.2, 0.25) is 0 Å². The summed E-state index contributed by atoms with van der Waals surface area (Å²) in [4.78, 5) is 20.7. The standard InChI is InChI=1S/C6H8O3/c7-4-6(9)3-1-2-5(6)8/h4,9H,1-3H2. The summed E-state index contributed by atoms with van der Waals surface area (Å²) in [5.74, 6) is -0.336. The highest BCUT2D eigenvalue weighted by Crippen LogP contribution is 2.23. The molecule has 0 heterocycles. The molecule has 1 aliphatic carbocycles. The third kappa shape index (κ3) is 0.876. The summed E-state index contributed by atoms with van der Waals surface area (Å²) in [6, 6.07) is 0. The van der Waals surface area contributed by atoms with E-state index in [1.165, 1.54) is 0 Å². The minimum absolute atomic E-state index is 0.301. The number of carbonyl (C=O) groups is 2. The van der Waals surface area contributed by atoms with Crippen LogP contribution in [0.4, 0.5) is 0 Å². The van der Waals surface area contributed by atoms with E-state index in [4.69, 9.17) is 5.11 Å². The monoisotopic (exact) mass is 128 g/mol. The molecule has 1 fully saturated rings. The molecule has 0 aliphatic heterocycles. The van der Waals surface area contributed by atoms with Crippen molar-refractivity contribution in [2.45, 2.75) is 24.9 Å². The van der Waals surface area contributed by atoms with Gasteiger partial charge in [0, 0.05) is 6.42 Å². The minimum atomic E-state index is -1.62. The van der Waals surface area contributed by atoms with Crippen LogP contribution in [0, 0.1) is 0 Å². The zero-order chi connectivity index (χ0) is 6.91. The molecule has 0 radical (unpaired) electrons. The van der Waals surface area contributed by atoms with Crippen LogP contribution in [0.3, 0.4) is 0 Å². The van der Waals surface area contributed by atoms with Crippen molar-refractivity contribution in [3.63, 3.8) is 0 Å². The van der Waals surface area contributed by atoms with Crippen LogP contribution in [-0.2, 0) is 9.59 Å². The first-order valence-corrected chi connectivity index (χ1v) is 2.91. The molecule has 1 N–H and O–H groups in total. The first-order chi connectivity index (χ1) is 4.19. The molecule has 0 spiro atoms. The Morgan fingerprint density at radius 2 is 2.33 bits per heavy atom. The van der Waals surface area contributed by atoms with E-state index in [0.717, 1.165) is 0 Å². The van der Waals surface area contributed by atoms with E-state index in [2.05, 4.69) is 0 Å². The molecule has 0 aromatic heterocycles. The second-order valence-electron chi connectivity index (χ2n) is 2.32. The maximum absolute atomic E-state index is 10.6. The Morgan fingerprint density at radius 1 is 1.67 bits per heavy atom. The largest absolute Gasteiger partial charge is 0.375 e. The van der Waals surface area contributed by atoms with Gasteiger partial charge >= 0.3 is 0 Å². The molecule has 50 valence electrons. The fraction of sp³-hybridized carbons (Fsp3) is 0.667. The smallest absolute Gasteiger partial charge is 0.177 e. The van der Waals surface area contributed by atoms with Gasteiger partial charge in [-0.1, -0.05) is 0 Å². The Balaban J connectivity index is 2.78. The second kappa shape index (κ2) is 1.92. The average molecular weight is 128 g/mol. The van der Waals surface area contributed by atoms with Crippen molar-refractivity contribution in [3.05, 3.63) is 0 Å². The van der Waals surface area contributed by atoms with E-state index >= 15 is 0 Å². The predicted octanol–water partition coefficient (Wildman–Crippen LogP) is -0.331. The number of hydrogen-bond acceptors (Lipinski definition) is 3. The Morgan fingerprint density at radius 3 is 2.56 bits per heavy atom. The van der Waals surface area contributed by atoms with Gasteiger partial charge in [-0.3, -0.25) is 9.59 Å². The Hall–Kier alpha value is -0.700. The van der Waals surface area contributed by atoms with Crippen molar-refractivity contribution < 1.29 is 14.7 Å². The number of rotatable bonds is 1. The van der Waals surface area contributed by atoms with Crippen molar-refractivity contribution in [1.82, 2.24) is 0 Å². The summed E-state index contributed by atoms with van der Waals surface area (Å²) >= 11 is 0. The lowest BCUT2D eigenvalue weighted by Crippen LogP contribution is -2.34. The zero-order valence-electron chi connectivity index (χ0n) is 4.96. The van der Waals surface area contributed by atoms with E-state index in [1.807, 2.05) is 0 Å². The van der Waals surface area contributed by atoms with Crippen LogP contribution in [0.15, 0.2) is 0 Å². The van der Waals surface area contributed by atoms with Crippen LogP contribution in [-0.4, -0.2) is 22.8 Å². The summed E-state index contributed by atoms with van der Waals surface area (Å²) < 4.78 is 0. The van der Waals surface area contributed by atoms with Crippen LogP contribution in [0.1, 0.15) is 19.3 Å². The summed E-state index contributed by atoms with van der Waals surface area (Å²) in [5, 5.41) is 9.05. The lowest BCUT2D eigenvalue weighted by Gasteiger charge is -2.09. The zero-order valence-corrected chi connectivity index (χ0v) is 4.96. The Labute approximate surface area is 52.7 Å². The van der Waals surface area contributed by atoms with Crippen molar-refractivity contribution in [3.8, 4) is 0 Å². The SMILES string of the molecule is O=CC1(O)CCCC1=O. The molecule has 0 aromatic rings. The van der Waals surface area contributed by atoms with E-state index in [-0.39, 0.29) is 5.78 Å². The van der Waals surface area contributed by atoms with Crippen molar-refractivity contribution in [1.29, 1.82) is 0 Å². The van der Waals surface area contributed by atoms with Gasteiger partial charge < -0.3 is 5.11 Å². The van der Waals surface area contributed by atoms with Crippen LogP contribution in [0.5, 0.6) is 0 Å². The number of aliphatic hydroxyl groups is 1. The lowest BCUT2D eigenvalue weighted by molar-refractivity contribution is -0.140. The first kappa shape index (κ1) is 6.42. The first-order valence-electron chi connectivity index (χ1n) is 2.91. The Kier molecular flexibility index (Phi) is 1.37. The number of Topliss-reactive ketones (excluding diaryl/α,β-unsaturated/α-hetero) is 1. The third-order valence-electron chi connectivity index (χ3n) is 1.64. The molecule has 1 saturated carbocycles. The maximum atomic E-state index is 10.6. The van der Waals surface area contributed by atoms with Crippen LogP contribution in [0.2, 0.25) is 0 Å². The van der Waals surface area contributed by atoms with Gasteiger partial charge in [0.15, 0.2) is 17.7 Å². The van der Waals surface area contributed by atoms with Crippen LogP contribution < -0.4 is 0 Å². The molecule has 1 rings (SSSR count). The van der Waals surface area contributed by atoms with Crippen molar-refractivity contribution in [2.75, 3.05) is 0 Å². The average Bonchev–Trinajstić information content (AvgIpc) is 2.15. The van der Waals surface area contributed by atoms with Crippen LogP contribution in [0.25, 0.3) is 0 Å². The molecular formula is C6H8O3. The molecule has 1 unspecified atom stereocenters. The summed E-state index contributed by atoms with van der Waals surface area (Å²) in [6.45, 7) is 0. The number of carbonyl (C=O) groups excluding carboxylic acids is 2. The van der Waals surface area contributed by atoms with E-state index in [1.54, 1.807) is 0 Å². The molecule has 0 saturated heterocycles. The lowest BCUT2D eigenvalue weighted by atomic mass is 10.0. The quantitative estimate of drug-likeness (QED) is 0.388. The number of aldehydes is 1. The van der Waals surface area contributed by atoms with Crippen molar-refractivity contribution in [2.24, 2.45) is 0 Å². The third-order valence-corrected chi connectivity index (χ3v) is 1.64. The Bertz CT molecular complexity index is 152. The van der Waals surface area contributed by atoms with E-state index in [0.29, 0.717) is 25.5 Å². The fourth-order valence-corrected chi connectivity index (χ4v) is 0.999. The van der Waals surface area contributed by atoms with Gasteiger partial charge in [0.1, 0.15) is 0 Å². The highest BCUT2D eigenvalue weighted by molar-refractivity contribution is 6.02.